The van der Waals surface area contributed by atoms with Crippen LogP contribution in [0.5, 0.6) is 0 Å². The molecule has 0 saturated carbocycles. The molecule has 1 unspecified atom stereocenters. The molecule has 2 aliphatic heterocycles. The van der Waals surface area contributed by atoms with Crippen LogP contribution >= 0.6 is 0 Å². The van der Waals surface area contributed by atoms with Crippen LogP contribution in [-0.4, -0.2) is 45.8 Å². The second kappa shape index (κ2) is 4.55. The largest absolute Gasteiger partial charge is 0.490 e. The van der Waals surface area contributed by atoms with E-state index in [1.165, 1.54) is 19.1 Å². The van der Waals surface area contributed by atoms with Gasteiger partial charge in [0.25, 0.3) is 10.0 Å². The molecule has 0 N–H and O–H groups in total. The first-order valence-electron chi connectivity index (χ1n) is 5.42. The molecule has 0 radical (unpaired) electrons. The topological polar surface area (TPSA) is 59.0 Å². The minimum atomic E-state index is -3.39. The number of likely N-dealkylation sites (N-methyl/N-ethyl adjacent to an activating group) is 1. The van der Waals surface area contributed by atoms with E-state index in [-0.39, 0.29) is 0 Å². The molecule has 6 heteroatoms. The number of piperidine rings is 1. The van der Waals surface area contributed by atoms with Crippen LogP contribution < -0.4 is 0 Å². The lowest BCUT2D eigenvalue weighted by Gasteiger charge is -2.32. The molecule has 1 atom stereocenters. The van der Waals surface area contributed by atoms with E-state index in [0.717, 1.165) is 18.4 Å². The molecule has 0 aromatic heterocycles. The monoisotopic (exact) mass is 244 g/mol. The summed E-state index contributed by atoms with van der Waals surface area (Å²) in [4.78, 5) is 2.25. The number of sulfonamides is 1. The van der Waals surface area contributed by atoms with E-state index in [9.17, 15) is 8.42 Å². The molecule has 0 aromatic rings. The van der Waals surface area contributed by atoms with Gasteiger partial charge >= 0.3 is 0 Å². The zero-order valence-electron chi connectivity index (χ0n) is 9.30. The lowest BCUT2D eigenvalue weighted by atomic mass is 10.0. The Morgan fingerprint density at radius 2 is 2.38 bits per heavy atom. The summed E-state index contributed by atoms with van der Waals surface area (Å²) in [6.45, 7) is 1.61. The molecule has 16 heavy (non-hydrogen) atoms. The number of hydrogen-bond donors (Lipinski definition) is 0. The van der Waals surface area contributed by atoms with Crippen molar-refractivity contribution in [2.75, 3.05) is 20.2 Å². The summed E-state index contributed by atoms with van der Waals surface area (Å²) in [5.41, 5.74) is 0. The first-order chi connectivity index (χ1) is 7.57. The first-order valence-corrected chi connectivity index (χ1v) is 6.92. The van der Waals surface area contributed by atoms with Gasteiger partial charge in [0.2, 0.25) is 0 Å². The highest BCUT2D eigenvalue weighted by atomic mass is 32.2. The Bertz CT molecular complexity index is 414. The van der Waals surface area contributed by atoms with Crippen LogP contribution in [0.4, 0.5) is 0 Å². The molecule has 0 aromatic carbocycles. The van der Waals surface area contributed by atoms with Crippen molar-refractivity contribution in [3.63, 3.8) is 0 Å². The van der Waals surface area contributed by atoms with Crippen LogP contribution in [0.25, 0.3) is 0 Å². The average molecular weight is 244 g/mol. The molecule has 90 valence electrons. The summed E-state index contributed by atoms with van der Waals surface area (Å²) in [7, 11) is -1.32. The molecular formula is C10H16N2O3S. The van der Waals surface area contributed by atoms with Gasteiger partial charge in [-0.1, -0.05) is 6.42 Å². The predicted octanol–water partition coefficient (Wildman–Crippen LogP) is 0.743. The lowest BCUT2D eigenvalue weighted by Crippen LogP contribution is -2.39. The van der Waals surface area contributed by atoms with Crippen molar-refractivity contribution in [3.05, 3.63) is 11.2 Å². The van der Waals surface area contributed by atoms with Gasteiger partial charge in [-0.3, -0.25) is 0 Å². The Hall–Kier alpha value is -0.880. The summed E-state index contributed by atoms with van der Waals surface area (Å²) >= 11 is 0. The molecule has 1 saturated heterocycles. The number of nitrogens with zero attached hydrogens (tertiary/aromatic N) is 2. The van der Waals surface area contributed by atoms with E-state index >= 15 is 0 Å². The normalized spacial score (nSPS) is 29.1. The molecule has 0 spiro atoms. The van der Waals surface area contributed by atoms with Crippen molar-refractivity contribution in [3.8, 4) is 0 Å². The Morgan fingerprint density at radius 3 is 3.00 bits per heavy atom. The van der Waals surface area contributed by atoms with E-state index in [2.05, 4.69) is 16.3 Å². The number of likely N-dealkylation sites (tertiary alicyclic amines) is 1. The van der Waals surface area contributed by atoms with Crippen molar-refractivity contribution in [2.24, 2.45) is 4.40 Å². The highest BCUT2D eigenvalue weighted by Crippen LogP contribution is 2.17. The van der Waals surface area contributed by atoms with Crippen molar-refractivity contribution in [1.82, 2.24) is 4.90 Å². The Kier molecular flexibility index (Phi) is 3.30. The second-order valence-corrected chi connectivity index (χ2v) is 5.69. The van der Waals surface area contributed by atoms with Gasteiger partial charge < -0.3 is 9.64 Å². The fraction of sp³-hybridized carbons (Fsp3) is 0.700. The van der Waals surface area contributed by atoms with E-state index in [4.69, 9.17) is 4.74 Å². The standard InChI is InChI=1S/C10H16N2O3S/c1-12-5-3-2-4-9(12)7-15-10-6-11-16(13,14)8-10/h6,8-9H,2-5,7H2,1H3. The lowest BCUT2D eigenvalue weighted by molar-refractivity contribution is 0.0970. The molecule has 0 bridgehead atoms. The average Bonchev–Trinajstić information content (AvgIpc) is 2.57. The smallest absolute Gasteiger partial charge is 0.279 e. The van der Waals surface area contributed by atoms with E-state index in [1.54, 1.807) is 0 Å². The zero-order chi connectivity index (χ0) is 11.6. The molecular weight excluding hydrogens is 228 g/mol. The Balaban J connectivity index is 1.86. The molecule has 2 heterocycles. The van der Waals surface area contributed by atoms with Crippen LogP contribution in [0.2, 0.25) is 0 Å². The number of rotatable bonds is 3. The van der Waals surface area contributed by atoms with Gasteiger partial charge in [0, 0.05) is 6.04 Å². The van der Waals surface area contributed by atoms with Crippen LogP contribution in [0, 0.1) is 0 Å². The van der Waals surface area contributed by atoms with Crippen LogP contribution in [0.15, 0.2) is 15.6 Å². The van der Waals surface area contributed by atoms with Gasteiger partial charge in [0.15, 0.2) is 5.76 Å². The van der Waals surface area contributed by atoms with Gasteiger partial charge in [-0.15, -0.1) is 0 Å². The molecule has 5 nitrogen and oxygen atoms in total. The zero-order valence-corrected chi connectivity index (χ0v) is 10.1. The van der Waals surface area contributed by atoms with Crippen LogP contribution in [0.3, 0.4) is 0 Å². The Labute approximate surface area is 95.9 Å². The van der Waals surface area contributed by atoms with E-state index < -0.39 is 10.0 Å². The maximum Gasteiger partial charge on any atom is 0.279 e. The summed E-state index contributed by atoms with van der Waals surface area (Å²) in [6.07, 6.45) is 4.81. The molecule has 0 amide bonds. The van der Waals surface area contributed by atoms with Gasteiger partial charge in [-0.25, -0.2) is 0 Å². The molecule has 0 aliphatic carbocycles. The Morgan fingerprint density at radius 1 is 1.56 bits per heavy atom. The maximum absolute atomic E-state index is 11.0. The van der Waals surface area contributed by atoms with E-state index in [0.29, 0.717) is 18.4 Å². The van der Waals surface area contributed by atoms with Crippen molar-refractivity contribution in [2.45, 2.75) is 25.3 Å². The fourth-order valence-corrected chi connectivity index (χ4v) is 2.69. The quantitative estimate of drug-likeness (QED) is 0.735. The summed E-state index contributed by atoms with van der Waals surface area (Å²) in [6, 6.07) is 0.381. The van der Waals surface area contributed by atoms with Gasteiger partial charge in [-0.2, -0.15) is 12.8 Å². The van der Waals surface area contributed by atoms with Gasteiger partial charge in [-0.05, 0) is 26.4 Å². The SMILES string of the molecule is CN1CCCCC1COC1=CS(=O)(=O)N=C1. The predicted molar refractivity (Wildman–Crippen MR) is 61.7 cm³/mol. The highest BCUT2D eigenvalue weighted by molar-refractivity contribution is 7.93. The summed E-state index contributed by atoms with van der Waals surface area (Å²) in [5, 5.41) is 1.07. The summed E-state index contributed by atoms with van der Waals surface area (Å²) in [5.74, 6) is 0.346. The van der Waals surface area contributed by atoms with Crippen molar-refractivity contribution in [1.29, 1.82) is 0 Å². The number of allylic oxidation sites excluding steroid dienone is 1. The third-order valence-corrected chi connectivity index (χ3v) is 3.89. The summed E-state index contributed by atoms with van der Waals surface area (Å²) < 4.78 is 30.8. The third kappa shape index (κ3) is 2.82. The number of ether oxygens (including phenoxy) is 1. The van der Waals surface area contributed by atoms with Gasteiger partial charge in [0.1, 0.15) is 6.61 Å². The number of hydrogen-bond acceptors (Lipinski definition) is 4. The minimum absolute atomic E-state index is 0.346. The molecule has 2 rings (SSSR count). The third-order valence-electron chi connectivity index (χ3n) is 2.96. The van der Waals surface area contributed by atoms with Crippen LogP contribution in [0.1, 0.15) is 19.3 Å². The maximum atomic E-state index is 11.0. The fourth-order valence-electron chi connectivity index (χ4n) is 1.95. The van der Waals surface area contributed by atoms with Crippen LogP contribution in [-0.2, 0) is 14.8 Å². The minimum Gasteiger partial charge on any atom is -0.490 e. The highest BCUT2D eigenvalue weighted by Gasteiger charge is 2.21. The van der Waals surface area contributed by atoms with Crippen molar-refractivity contribution < 1.29 is 13.2 Å². The molecule has 1 fully saturated rings. The molecule has 2 aliphatic rings. The van der Waals surface area contributed by atoms with Crippen molar-refractivity contribution >= 4 is 16.2 Å². The van der Waals surface area contributed by atoms with E-state index in [1.807, 2.05) is 0 Å². The first kappa shape index (κ1) is 11.6. The second-order valence-electron chi connectivity index (χ2n) is 4.21. The van der Waals surface area contributed by atoms with Gasteiger partial charge in [0.05, 0.1) is 11.6 Å².